The van der Waals surface area contributed by atoms with Gasteiger partial charge in [-0.2, -0.15) is 0 Å². The van der Waals surface area contributed by atoms with Crippen LogP contribution in [0.5, 0.6) is 0 Å². The van der Waals surface area contributed by atoms with Crippen molar-refractivity contribution in [2.24, 2.45) is 0 Å². The number of esters is 1. The summed E-state index contributed by atoms with van der Waals surface area (Å²) in [5.74, 6) is 12.3. The summed E-state index contributed by atoms with van der Waals surface area (Å²) in [6.45, 7) is 2.03. The van der Waals surface area contributed by atoms with Crippen molar-refractivity contribution in [1.29, 1.82) is 0 Å². The number of nitrogens with zero attached hydrogens (tertiary/aromatic N) is 1. The first-order chi connectivity index (χ1) is 12.9. The smallest absolute Gasteiger partial charge is 0.330 e. The minimum Gasteiger partial charge on any atom is -0.466 e. The summed E-state index contributed by atoms with van der Waals surface area (Å²) in [5, 5.41) is 0. The standard InChI is InChI=1S/C24H23NO2/c1-20-10-12-22(13-11-20)15-18-24(25(2)3,19-16-23(26)27-4)17-14-21-8-6-5-7-9-21/h5-13,16,19H,1-4H3/b19-16+. The van der Waals surface area contributed by atoms with Gasteiger partial charge in [0.2, 0.25) is 0 Å². The van der Waals surface area contributed by atoms with Gasteiger partial charge in [0.1, 0.15) is 0 Å². The summed E-state index contributed by atoms with van der Waals surface area (Å²) in [5.41, 5.74) is 2.01. The third-order valence-electron chi connectivity index (χ3n) is 3.99. The molecule has 0 bridgehead atoms. The Labute approximate surface area is 161 Å². The predicted octanol–water partition coefficient (Wildman–Crippen LogP) is 3.43. The van der Waals surface area contributed by atoms with Gasteiger partial charge < -0.3 is 4.74 Å². The van der Waals surface area contributed by atoms with Crippen LogP contribution in [0.4, 0.5) is 0 Å². The fourth-order valence-corrected chi connectivity index (χ4v) is 2.24. The Morgan fingerprint density at radius 2 is 1.52 bits per heavy atom. The average molecular weight is 357 g/mol. The first kappa shape index (κ1) is 20.0. The van der Waals surface area contributed by atoms with E-state index in [0.29, 0.717) is 0 Å². The number of hydrogen-bond acceptors (Lipinski definition) is 3. The van der Waals surface area contributed by atoms with Crippen LogP contribution < -0.4 is 0 Å². The molecule has 1 unspecified atom stereocenters. The second-order valence-electron chi connectivity index (χ2n) is 6.25. The minimum absolute atomic E-state index is 0.445. The zero-order valence-electron chi connectivity index (χ0n) is 16.1. The molecule has 0 aromatic heterocycles. The van der Waals surface area contributed by atoms with E-state index in [1.807, 2.05) is 80.5 Å². The summed E-state index contributed by atoms with van der Waals surface area (Å²) < 4.78 is 4.72. The van der Waals surface area contributed by atoms with Gasteiger partial charge in [0.15, 0.2) is 5.54 Å². The molecule has 0 fully saturated rings. The van der Waals surface area contributed by atoms with Gasteiger partial charge in [-0.05, 0) is 51.4 Å². The normalized spacial score (nSPS) is 12.5. The van der Waals surface area contributed by atoms with Crippen molar-refractivity contribution >= 4 is 5.97 Å². The number of ether oxygens (including phenoxy) is 1. The third kappa shape index (κ3) is 5.89. The van der Waals surface area contributed by atoms with Crippen LogP contribution in [-0.2, 0) is 9.53 Å². The number of aryl methyl sites for hydroxylation is 1. The molecule has 3 nitrogen and oxygen atoms in total. The highest BCUT2D eigenvalue weighted by Crippen LogP contribution is 2.14. The lowest BCUT2D eigenvalue weighted by Crippen LogP contribution is -2.40. The number of hydrogen-bond donors (Lipinski definition) is 0. The minimum atomic E-state index is -0.936. The van der Waals surface area contributed by atoms with Gasteiger partial charge in [0.25, 0.3) is 0 Å². The molecule has 0 radical (unpaired) electrons. The summed E-state index contributed by atoms with van der Waals surface area (Å²) in [7, 11) is 5.11. The summed E-state index contributed by atoms with van der Waals surface area (Å²) in [6.07, 6.45) is 3.04. The van der Waals surface area contributed by atoms with Gasteiger partial charge in [0.05, 0.1) is 7.11 Å². The topological polar surface area (TPSA) is 29.5 Å². The van der Waals surface area contributed by atoms with Gasteiger partial charge >= 0.3 is 5.97 Å². The Kier molecular flexibility index (Phi) is 7.00. The molecule has 0 saturated heterocycles. The molecule has 0 aliphatic heterocycles. The number of carbonyl (C=O) groups is 1. The molecule has 2 rings (SSSR count). The highest BCUT2D eigenvalue weighted by Gasteiger charge is 2.25. The lowest BCUT2D eigenvalue weighted by molar-refractivity contribution is -0.134. The van der Waals surface area contributed by atoms with Gasteiger partial charge in [0, 0.05) is 17.2 Å². The Morgan fingerprint density at radius 3 is 2.04 bits per heavy atom. The van der Waals surface area contributed by atoms with Crippen LogP contribution in [0.2, 0.25) is 0 Å². The van der Waals surface area contributed by atoms with E-state index in [4.69, 9.17) is 4.74 Å². The van der Waals surface area contributed by atoms with E-state index in [1.165, 1.54) is 18.7 Å². The average Bonchev–Trinajstić information content (AvgIpc) is 2.69. The maximum Gasteiger partial charge on any atom is 0.330 e. The number of benzene rings is 2. The SMILES string of the molecule is COC(=O)/C=C/C(C#Cc1ccccc1)(C#Cc1ccc(C)cc1)N(C)C. The molecule has 1 atom stereocenters. The van der Waals surface area contributed by atoms with E-state index in [1.54, 1.807) is 6.08 Å². The predicted molar refractivity (Wildman–Crippen MR) is 109 cm³/mol. The molecule has 136 valence electrons. The van der Waals surface area contributed by atoms with E-state index in [-0.39, 0.29) is 0 Å². The van der Waals surface area contributed by atoms with Gasteiger partial charge in [-0.25, -0.2) is 4.79 Å². The van der Waals surface area contributed by atoms with Crippen molar-refractivity contribution in [2.45, 2.75) is 12.5 Å². The first-order valence-electron chi connectivity index (χ1n) is 8.58. The lowest BCUT2D eigenvalue weighted by Gasteiger charge is -2.26. The number of rotatable bonds is 3. The lowest BCUT2D eigenvalue weighted by atomic mass is 9.97. The van der Waals surface area contributed by atoms with Crippen molar-refractivity contribution in [3.8, 4) is 23.7 Å². The monoisotopic (exact) mass is 357 g/mol. The maximum absolute atomic E-state index is 11.6. The molecular formula is C24H23NO2. The van der Waals surface area contributed by atoms with Crippen molar-refractivity contribution < 1.29 is 9.53 Å². The first-order valence-corrected chi connectivity index (χ1v) is 8.58. The summed E-state index contributed by atoms with van der Waals surface area (Å²) in [6, 6.07) is 17.7. The van der Waals surface area contributed by atoms with Crippen molar-refractivity contribution in [3.63, 3.8) is 0 Å². The van der Waals surface area contributed by atoms with E-state index in [0.717, 1.165) is 11.1 Å². The summed E-state index contributed by atoms with van der Waals surface area (Å²) in [4.78, 5) is 13.5. The Balaban J connectivity index is 2.51. The fourth-order valence-electron chi connectivity index (χ4n) is 2.24. The van der Waals surface area contributed by atoms with Crippen LogP contribution >= 0.6 is 0 Å². The van der Waals surface area contributed by atoms with Gasteiger partial charge in [-0.15, -0.1) is 0 Å². The quantitative estimate of drug-likeness (QED) is 0.479. The number of likely N-dealkylation sites (N-methyl/N-ethyl adjacent to an activating group) is 1. The number of carbonyl (C=O) groups excluding carboxylic acids is 1. The van der Waals surface area contributed by atoms with Crippen LogP contribution in [0, 0.1) is 30.6 Å². The highest BCUT2D eigenvalue weighted by atomic mass is 16.5. The molecule has 0 saturated carbocycles. The molecule has 2 aromatic rings. The molecule has 3 heteroatoms. The third-order valence-corrected chi connectivity index (χ3v) is 3.99. The Morgan fingerprint density at radius 1 is 0.963 bits per heavy atom. The number of methoxy groups -OCH3 is 1. The zero-order valence-corrected chi connectivity index (χ0v) is 16.1. The van der Waals surface area contributed by atoms with Crippen molar-refractivity contribution in [2.75, 3.05) is 21.2 Å². The summed E-state index contributed by atoms with van der Waals surface area (Å²) >= 11 is 0. The molecule has 0 aliphatic rings. The van der Waals surface area contributed by atoms with Crippen molar-refractivity contribution in [1.82, 2.24) is 4.90 Å². The largest absolute Gasteiger partial charge is 0.466 e. The molecular weight excluding hydrogens is 334 g/mol. The van der Waals surface area contributed by atoms with Gasteiger partial charge in [-0.3, -0.25) is 4.90 Å². The molecule has 0 aliphatic carbocycles. The van der Waals surface area contributed by atoms with Crippen LogP contribution in [0.15, 0.2) is 66.7 Å². The van der Waals surface area contributed by atoms with E-state index in [9.17, 15) is 4.79 Å². The Hall–Kier alpha value is -3.27. The Bertz CT molecular complexity index is 920. The van der Waals surface area contributed by atoms with Crippen LogP contribution in [0.3, 0.4) is 0 Å². The highest BCUT2D eigenvalue weighted by molar-refractivity contribution is 5.82. The van der Waals surface area contributed by atoms with Crippen molar-refractivity contribution in [3.05, 3.63) is 83.4 Å². The van der Waals surface area contributed by atoms with Gasteiger partial charge in [-0.1, -0.05) is 59.6 Å². The van der Waals surface area contributed by atoms with Crippen LogP contribution in [-0.4, -0.2) is 37.6 Å². The second-order valence-corrected chi connectivity index (χ2v) is 6.25. The van der Waals surface area contributed by atoms with Crippen LogP contribution in [0.25, 0.3) is 0 Å². The maximum atomic E-state index is 11.6. The molecule has 2 aromatic carbocycles. The van der Waals surface area contributed by atoms with E-state index in [2.05, 4.69) is 23.7 Å². The molecule has 0 spiro atoms. The zero-order chi connectivity index (χ0) is 19.7. The molecule has 27 heavy (non-hydrogen) atoms. The van der Waals surface area contributed by atoms with Crippen LogP contribution in [0.1, 0.15) is 16.7 Å². The van der Waals surface area contributed by atoms with E-state index < -0.39 is 11.5 Å². The molecule has 0 N–H and O–H groups in total. The molecule has 0 heterocycles. The molecule has 0 amide bonds. The second kappa shape index (κ2) is 9.43. The van der Waals surface area contributed by atoms with E-state index >= 15 is 0 Å². The fraction of sp³-hybridized carbons (Fsp3) is 0.208.